The van der Waals surface area contributed by atoms with Gasteiger partial charge in [0.15, 0.2) is 0 Å². The van der Waals surface area contributed by atoms with Crippen LogP contribution in [-0.2, 0) is 0 Å². The van der Waals surface area contributed by atoms with Crippen LogP contribution in [0.25, 0.3) is 0 Å². The van der Waals surface area contributed by atoms with E-state index in [0.717, 1.165) is 11.8 Å². The van der Waals surface area contributed by atoms with Gasteiger partial charge in [0.1, 0.15) is 0 Å². The average molecular weight is 238 g/mol. The van der Waals surface area contributed by atoms with E-state index in [9.17, 15) is 5.11 Å². The highest BCUT2D eigenvalue weighted by molar-refractivity contribution is 4.91. The highest BCUT2D eigenvalue weighted by Gasteiger charge is 2.40. The summed E-state index contributed by atoms with van der Waals surface area (Å²) in [5.41, 5.74) is 0.225. The van der Waals surface area contributed by atoms with Gasteiger partial charge in [-0.15, -0.1) is 0 Å². The number of aliphatic hydroxyl groups is 1. The van der Waals surface area contributed by atoms with Crippen LogP contribution >= 0.6 is 0 Å². The van der Waals surface area contributed by atoms with E-state index in [1.165, 1.54) is 51.4 Å². The Hall–Kier alpha value is -0.0400. The van der Waals surface area contributed by atoms with Gasteiger partial charge in [0.2, 0.25) is 0 Å². The zero-order valence-corrected chi connectivity index (χ0v) is 11.9. The maximum Gasteiger partial charge on any atom is 0.0622 e. The molecule has 100 valence electrons. The molecule has 0 radical (unpaired) electrons. The Kier molecular flexibility index (Phi) is 4.18. The van der Waals surface area contributed by atoms with Crippen molar-refractivity contribution in [1.29, 1.82) is 0 Å². The van der Waals surface area contributed by atoms with E-state index < -0.39 is 0 Å². The van der Waals surface area contributed by atoms with Crippen LogP contribution in [0.2, 0.25) is 0 Å². The molecule has 0 bridgehead atoms. The molecule has 1 heteroatoms. The molecule has 0 heterocycles. The fraction of sp³-hybridized carbons (Fsp3) is 1.00. The topological polar surface area (TPSA) is 20.2 Å². The molecular formula is C16H30O. The summed E-state index contributed by atoms with van der Waals surface area (Å²) in [5, 5.41) is 10.8. The Morgan fingerprint density at radius 2 is 1.65 bits per heavy atom. The van der Waals surface area contributed by atoms with Gasteiger partial charge in [-0.05, 0) is 48.9 Å². The summed E-state index contributed by atoms with van der Waals surface area (Å²) in [7, 11) is 0. The van der Waals surface area contributed by atoms with Gasteiger partial charge in [-0.2, -0.15) is 0 Å². The third kappa shape index (κ3) is 2.86. The Labute approximate surface area is 107 Å². The fourth-order valence-electron chi connectivity index (χ4n) is 4.10. The van der Waals surface area contributed by atoms with Crippen LogP contribution in [0.1, 0.15) is 72.1 Å². The summed E-state index contributed by atoms with van der Waals surface area (Å²) in [6.45, 7) is 7.07. The Morgan fingerprint density at radius 1 is 1.00 bits per heavy atom. The molecule has 0 aliphatic heterocycles. The molecular weight excluding hydrogens is 208 g/mol. The zero-order chi connectivity index (χ0) is 12.5. The van der Waals surface area contributed by atoms with Crippen molar-refractivity contribution in [3.63, 3.8) is 0 Å². The molecule has 2 fully saturated rings. The van der Waals surface area contributed by atoms with Crippen molar-refractivity contribution >= 4 is 0 Å². The van der Waals surface area contributed by atoms with Gasteiger partial charge in [-0.25, -0.2) is 0 Å². The van der Waals surface area contributed by atoms with Crippen molar-refractivity contribution < 1.29 is 5.11 Å². The maximum atomic E-state index is 10.8. The molecule has 0 aromatic heterocycles. The lowest BCUT2D eigenvalue weighted by Crippen LogP contribution is -2.42. The molecule has 4 unspecified atom stereocenters. The number of aliphatic hydroxyl groups excluding tert-OH is 1. The molecule has 2 rings (SSSR count). The second-order valence-electron chi connectivity index (χ2n) is 7.19. The summed E-state index contributed by atoms with van der Waals surface area (Å²) in [5.74, 6) is 2.23. The zero-order valence-electron chi connectivity index (χ0n) is 11.9. The van der Waals surface area contributed by atoms with Crippen LogP contribution in [-0.4, -0.2) is 11.2 Å². The first kappa shape index (κ1) is 13.4. The third-order valence-electron chi connectivity index (χ3n) is 5.80. The quantitative estimate of drug-likeness (QED) is 0.756. The lowest BCUT2D eigenvalue weighted by Gasteiger charge is -2.44. The first-order chi connectivity index (χ1) is 8.03. The predicted molar refractivity (Wildman–Crippen MR) is 72.9 cm³/mol. The first-order valence-corrected chi connectivity index (χ1v) is 7.71. The van der Waals surface area contributed by atoms with E-state index in [0.29, 0.717) is 5.92 Å². The molecule has 0 spiro atoms. The van der Waals surface area contributed by atoms with Crippen LogP contribution in [0.3, 0.4) is 0 Å². The SMILES string of the molecule is CC1CCC(C(O)C2(C)CCCCC2)CC1C. The summed E-state index contributed by atoms with van der Waals surface area (Å²) in [6.07, 6.45) is 10.3. The van der Waals surface area contributed by atoms with E-state index in [1.54, 1.807) is 0 Å². The molecule has 2 aliphatic rings. The minimum absolute atomic E-state index is 0.0438. The van der Waals surface area contributed by atoms with Gasteiger partial charge in [0, 0.05) is 0 Å². The molecule has 0 amide bonds. The van der Waals surface area contributed by atoms with E-state index in [1.807, 2.05) is 0 Å². The summed E-state index contributed by atoms with van der Waals surface area (Å²) in [4.78, 5) is 0. The van der Waals surface area contributed by atoms with Crippen molar-refractivity contribution in [2.45, 2.75) is 78.2 Å². The third-order valence-corrected chi connectivity index (χ3v) is 5.80. The van der Waals surface area contributed by atoms with E-state index in [4.69, 9.17) is 0 Å². The molecule has 2 aliphatic carbocycles. The van der Waals surface area contributed by atoms with E-state index in [2.05, 4.69) is 20.8 Å². The largest absolute Gasteiger partial charge is 0.392 e. The maximum absolute atomic E-state index is 10.8. The van der Waals surface area contributed by atoms with Gasteiger partial charge < -0.3 is 5.11 Å². The van der Waals surface area contributed by atoms with Crippen molar-refractivity contribution in [2.75, 3.05) is 0 Å². The molecule has 0 aromatic rings. The summed E-state index contributed by atoms with van der Waals surface area (Å²) >= 11 is 0. The van der Waals surface area contributed by atoms with E-state index in [-0.39, 0.29) is 11.5 Å². The van der Waals surface area contributed by atoms with E-state index >= 15 is 0 Å². The molecule has 2 saturated carbocycles. The number of hydrogen-bond donors (Lipinski definition) is 1. The van der Waals surface area contributed by atoms with Crippen molar-refractivity contribution in [1.82, 2.24) is 0 Å². The Balaban J connectivity index is 1.96. The van der Waals surface area contributed by atoms with Gasteiger partial charge in [-0.3, -0.25) is 0 Å². The molecule has 1 N–H and O–H groups in total. The van der Waals surface area contributed by atoms with Crippen LogP contribution in [0.15, 0.2) is 0 Å². The monoisotopic (exact) mass is 238 g/mol. The van der Waals surface area contributed by atoms with Crippen LogP contribution < -0.4 is 0 Å². The minimum Gasteiger partial charge on any atom is -0.392 e. The summed E-state index contributed by atoms with van der Waals surface area (Å²) < 4.78 is 0. The van der Waals surface area contributed by atoms with Gasteiger partial charge in [0.05, 0.1) is 6.10 Å². The second-order valence-corrected chi connectivity index (χ2v) is 7.19. The lowest BCUT2D eigenvalue weighted by molar-refractivity contribution is -0.0512. The average Bonchev–Trinajstić information content (AvgIpc) is 2.33. The smallest absolute Gasteiger partial charge is 0.0622 e. The Bertz CT molecular complexity index is 242. The van der Waals surface area contributed by atoms with Crippen LogP contribution in [0.5, 0.6) is 0 Å². The molecule has 1 nitrogen and oxygen atoms in total. The highest BCUT2D eigenvalue weighted by atomic mass is 16.3. The minimum atomic E-state index is -0.0438. The number of rotatable bonds is 2. The fourth-order valence-corrected chi connectivity index (χ4v) is 4.10. The molecule has 0 saturated heterocycles. The standard InChI is InChI=1S/C16H30O/c1-12-7-8-14(11-13(12)2)15(17)16(3)9-5-4-6-10-16/h12-15,17H,4-11H2,1-3H3. The second kappa shape index (κ2) is 5.30. The predicted octanol–water partition coefficient (Wildman–Crippen LogP) is 4.39. The summed E-state index contributed by atoms with van der Waals surface area (Å²) in [6, 6.07) is 0. The molecule has 4 atom stereocenters. The first-order valence-electron chi connectivity index (χ1n) is 7.71. The van der Waals surface area contributed by atoms with Crippen LogP contribution in [0.4, 0.5) is 0 Å². The number of hydrogen-bond acceptors (Lipinski definition) is 1. The molecule has 0 aromatic carbocycles. The van der Waals surface area contributed by atoms with Gasteiger partial charge in [0.25, 0.3) is 0 Å². The normalized spacial score (nSPS) is 39.9. The van der Waals surface area contributed by atoms with Gasteiger partial charge in [-0.1, -0.05) is 46.5 Å². The molecule has 17 heavy (non-hydrogen) atoms. The van der Waals surface area contributed by atoms with Crippen molar-refractivity contribution in [3.8, 4) is 0 Å². The van der Waals surface area contributed by atoms with Crippen LogP contribution in [0, 0.1) is 23.2 Å². The van der Waals surface area contributed by atoms with Gasteiger partial charge >= 0.3 is 0 Å². The Morgan fingerprint density at radius 3 is 2.24 bits per heavy atom. The van der Waals surface area contributed by atoms with Crippen molar-refractivity contribution in [3.05, 3.63) is 0 Å². The lowest BCUT2D eigenvalue weighted by atomic mass is 9.63. The van der Waals surface area contributed by atoms with Crippen molar-refractivity contribution in [2.24, 2.45) is 23.2 Å². The highest BCUT2D eigenvalue weighted by Crippen LogP contribution is 2.45.